The molecular weight excluding hydrogens is 276 g/mol. The maximum atomic E-state index is 13.5. The molecule has 0 heterocycles. The van der Waals surface area contributed by atoms with Gasteiger partial charge in [-0.2, -0.15) is 0 Å². The van der Waals surface area contributed by atoms with Crippen LogP contribution in [-0.4, -0.2) is 20.3 Å². The van der Waals surface area contributed by atoms with E-state index in [1.54, 1.807) is 0 Å². The van der Waals surface area contributed by atoms with E-state index in [0.29, 0.717) is 18.8 Å². The van der Waals surface area contributed by atoms with Crippen molar-refractivity contribution in [1.29, 1.82) is 0 Å². The van der Waals surface area contributed by atoms with Gasteiger partial charge in [0.2, 0.25) is 0 Å². The molecule has 0 saturated heterocycles. The fraction of sp³-hybridized carbons (Fsp3) is 0.250. The van der Waals surface area contributed by atoms with E-state index in [-0.39, 0.29) is 5.75 Å². The van der Waals surface area contributed by atoms with Gasteiger partial charge in [-0.3, -0.25) is 0 Å². The third-order valence-corrected chi connectivity index (χ3v) is 2.92. The number of anilines is 1. The molecule has 0 atom stereocenters. The zero-order valence-electron chi connectivity index (χ0n) is 12.0. The zero-order chi connectivity index (χ0) is 15.2. The van der Waals surface area contributed by atoms with Gasteiger partial charge in [0.05, 0.1) is 7.11 Å². The molecule has 0 saturated carbocycles. The SMILES string of the molecule is COc1c(F)cc(NCCOc2ccc(C)cc2)cc1F. The Morgan fingerprint density at radius 2 is 1.67 bits per heavy atom. The summed E-state index contributed by atoms with van der Waals surface area (Å²) in [4.78, 5) is 0. The van der Waals surface area contributed by atoms with Crippen LogP contribution >= 0.6 is 0 Å². The Bertz CT molecular complexity index is 577. The first-order chi connectivity index (χ1) is 10.1. The lowest BCUT2D eigenvalue weighted by atomic mass is 10.2. The molecule has 0 aliphatic rings. The molecular formula is C16H17F2NO2. The van der Waals surface area contributed by atoms with Crippen molar-refractivity contribution in [3.63, 3.8) is 0 Å². The van der Waals surface area contributed by atoms with E-state index >= 15 is 0 Å². The topological polar surface area (TPSA) is 30.5 Å². The van der Waals surface area contributed by atoms with Gasteiger partial charge in [0.25, 0.3) is 0 Å². The molecule has 0 bridgehead atoms. The highest BCUT2D eigenvalue weighted by Crippen LogP contribution is 2.25. The molecule has 1 N–H and O–H groups in total. The van der Waals surface area contributed by atoms with Gasteiger partial charge in [-0.15, -0.1) is 0 Å². The Labute approximate surface area is 122 Å². The average Bonchev–Trinajstić information content (AvgIpc) is 2.45. The van der Waals surface area contributed by atoms with E-state index < -0.39 is 11.6 Å². The first-order valence-electron chi connectivity index (χ1n) is 6.56. The summed E-state index contributed by atoms with van der Waals surface area (Å²) in [5.74, 6) is -1.09. The molecule has 112 valence electrons. The van der Waals surface area contributed by atoms with Crippen LogP contribution < -0.4 is 14.8 Å². The Kier molecular flexibility index (Phi) is 4.98. The number of nitrogens with one attached hydrogen (secondary N) is 1. The minimum Gasteiger partial charge on any atom is -0.492 e. The van der Waals surface area contributed by atoms with Crippen molar-refractivity contribution in [1.82, 2.24) is 0 Å². The summed E-state index contributed by atoms with van der Waals surface area (Å²) in [7, 11) is 1.23. The minimum absolute atomic E-state index is 0.346. The number of hydrogen-bond acceptors (Lipinski definition) is 3. The van der Waals surface area contributed by atoms with Crippen molar-refractivity contribution in [2.45, 2.75) is 6.92 Å². The van der Waals surface area contributed by atoms with Gasteiger partial charge in [0, 0.05) is 24.4 Å². The van der Waals surface area contributed by atoms with Crippen LogP contribution in [0.3, 0.4) is 0 Å². The monoisotopic (exact) mass is 293 g/mol. The molecule has 2 rings (SSSR count). The van der Waals surface area contributed by atoms with Gasteiger partial charge in [-0.25, -0.2) is 8.78 Å². The van der Waals surface area contributed by atoms with E-state index in [1.807, 2.05) is 31.2 Å². The predicted molar refractivity (Wildman–Crippen MR) is 78.1 cm³/mol. The number of methoxy groups -OCH3 is 1. The molecule has 0 fully saturated rings. The second-order valence-corrected chi connectivity index (χ2v) is 4.56. The van der Waals surface area contributed by atoms with Crippen LogP contribution in [0.25, 0.3) is 0 Å². The summed E-state index contributed by atoms with van der Waals surface area (Å²) >= 11 is 0. The molecule has 5 heteroatoms. The van der Waals surface area contributed by atoms with Crippen LogP contribution in [0.4, 0.5) is 14.5 Å². The van der Waals surface area contributed by atoms with E-state index in [0.717, 1.165) is 11.3 Å². The van der Waals surface area contributed by atoms with Crippen LogP contribution in [0.2, 0.25) is 0 Å². The molecule has 0 aromatic heterocycles. The molecule has 0 aliphatic heterocycles. The van der Waals surface area contributed by atoms with Crippen LogP contribution in [0.15, 0.2) is 36.4 Å². The minimum atomic E-state index is -0.737. The first kappa shape index (κ1) is 15.1. The third kappa shape index (κ3) is 4.08. The van der Waals surface area contributed by atoms with Gasteiger partial charge in [0.15, 0.2) is 17.4 Å². The number of hydrogen-bond donors (Lipinski definition) is 1. The highest BCUT2D eigenvalue weighted by molar-refractivity contribution is 5.48. The molecule has 21 heavy (non-hydrogen) atoms. The maximum absolute atomic E-state index is 13.5. The van der Waals surface area contributed by atoms with Crippen LogP contribution in [0.1, 0.15) is 5.56 Å². The Balaban J connectivity index is 1.85. The van der Waals surface area contributed by atoms with Crippen molar-refractivity contribution in [3.8, 4) is 11.5 Å². The lowest BCUT2D eigenvalue weighted by Gasteiger charge is -2.10. The highest BCUT2D eigenvalue weighted by atomic mass is 19.1. The average molecular weight is 293 g/mol. The van der Waals surface area contributed by atoms with Gasteiger partial charge in [0.1, 0.15) is 12.4 Å². The Morgan fingerprint density at radius 3 is 2.24 bits per heavy atom. The number of rotatable bonds is 6. The van der Waals surface area contributed by atoms with Crippen LogP contribution in [0.5, 0.6) is 11.5 Å². The van der Waals surface area contributed by atoms with Gasteiger partial charge in [-0.1, -0.05) is 17.7 Å². The van der Waals surface area contributed by atoms with Crippen molar-refractivity contribution in [2.24, 2.45) is 0 Å². The maximum Gasteiger partial charge on any atom is 0.190 e. The fourth-order valence-corrected chi connectivity index (χ4v) is 1.86. The smallest absolute Gasteiger partial charge is 0.190 e. The summed E-state index contributed by atoms with van der Waals surface area (Å²) in [6.45, 7) is 2.81. The summed E-state index contributed by atoms with van der Waals surface area (Å²) < 4.78 is 37.1. The van der Waals surface area contributed by atoms with Crippen molar-refractivity contribution < 1.29 is 18.3 Å². The summed E-state index contributed by atoms with van der Waals surface area (Å²) in [5, 5.41) is 2.90. The molecule has 0 amide bonds. The fourth-order valence-electron chi connectivity index (χ4n) is 1.86. The summed E-state index contributed by atoms with van der Waals surface area (Å²) in [6.07, 6.45) is 0. The van der Waals surface area contributed by atoms with Crippen LogP contribution in [-0.2, 0) is 0 Å². The van der Waals surface area contributed by atoms with Crippen molar-refractivity contribution >= 4 is 5.69 Å². The molecule has 0 spiro atoms. The third-order valence-electron chi connectivity index (χ3n) is 2.92. The number of benzene rings is 2. The predicted octanol–water partition coefficient (Wildman–Crippen LogP) is 3.77. The summed E-state index contributed by atoms with van der Waals surface area (Å²) in [5.41, 5.74) is 1.50. The standard InChI is InChI=1S/C16H17F2NO2/c1-11-3-5-13(6-4-11)21-8-7-19-12-9-14(17)16(20-2)15(18)10-12/h3-6,9-10,19H,7-8H2,1-2H3. The quantitative estimate of drug-likeness (QED) is 0.822. The summed E-state index contributed by atoms with van der Waals surface area (Å²) in [6, 6.07) is 10.0. The number of aryl methyl sites for hydroxylation is 1. The lowest BCUT2D eigenvalue weighted by Crippen LogP contribution is -2.12. The Morgan fingerprint density at radius 1 is 1.05 bits per heavy atom. The first-order valence-corrected chi connectivity index (χ1v) is 6.56. The van der Waals surface area contributed by atoms with Crippen molar-refractivity contribution in [3.05, 3.63) is 53.6 Å². The lowest BCUT2D eigenvalue weighted by molar-refractivity contribution is 0.332. The van der Waals surface area contributed by atoms with Gasteiger partial charge >= 0.3 is 0 Å². The molecule has 2 aromatic carbocycles. The van der Waals surface area contributed by atoms with E-state index in [9.17, 15) is 8.78 Å². The normalized spacial score (nSPS) is 10.3. The molecule has 0 radical (unpaired) electrons. The molecule has 3 nitrogen and oxygen atoms in total. The van der Waals surface area contributed by atoms with Crippen LogP contribution in [0, 0.1) is 18.6 Å². The second kappa shape index (κ2) is 6.92. The molecule has 2 aromatic rings. The largest absolute Gasteiger partial charge is 0.492 e. The Hall–Kier alpha value is -2.30. The second-order valence-electron chi connectivity index (χ2n) is 4.56. The zero-order valence-corrected chi connectivity index (χ0v) is 12.0. The van der Waals surface area contributed by atoms with E-state index in [4.69, 9.17) is 4.74 Å². The van der Waals surface area contributed by atoms with Gasteiger partial charge < -0.3 is 14.8 Å². The molecule has 0 unspecified atom stereocenters. The van der Waals surface area contributed by atoms with Gasteiger partial charge in [-0.05, 0) is 19.1 Å². The number of ether oxygens (including phenoxy) is 2. The van der Waals surface area contributed by atoms with E-state index in [1.165, 1.54) is 19.2 Å². The highest BCUT2D eigenvalue weighted by Gasteiger charge is 2.11. The number of halogens is 2. The van der Waals surface area contributed by atoms with E-state index in [2.05, 4.69) is 10.1 Å². The van der Waals surface area contributed by atoms with Crippen molar-refractivity contribution in [2.75, 3.05) is 25.6 Å². The molecule has 0 aliphatic carbocycles.